The van der Waals surface area contributed by atoms with Gasteiger partial charge in [0, 0.05) is 13.7 Å². The Labute approximate surface area is 104 Å². The number of nitrogens with zero attached hydrogens (tertiary/aromatic N) is 1. The van der Waals surface area contributed by atoms with Crippen molar-refractivity contribution in [3.63, 3.8) is 0 Å². The predicted molar refractivity (Wildman–Crippen MR) is 58.3 cm³/mol. The number of carboxylic acid groups (broad SMARTS) is 1. The molecular weight excluding hydrogens is 251 g/mol. The minimum absolute atomic E-state index is 0.268. The molecule has 0 saturated carbocycles. The third kappa shape index (κ3) is 4.45. The summed E-state index contributed by atoms with van der Waals surface area (Å²) in [6.07, 6.45) is -4.16. The van der Waals surface area contributed by atoms with Crippen LogP contribution in [0.3, 0.4) is 0 Å². The summed E-state index contributed by atoms with van der Waals surface area (Å²) >= 11 is 0. The highest BCUT2D eigenvalue weighted by molar-refractivity contribution is 5.67. The molecule has 0 aromatic carbocycles. The molecule has 1 N–H and O–H groups in total. The van der Waals surface area contributed by atoms with Gasteiger partial charge in [0.1, 0.15) is 6.04 Å². The molecule has 0 aromatic rings. The van der Waals surface area contributed by atoms with E-state index in [4.69, 9.17) is 9.84 Å². The molecule has 0 spiro atoms. The van der Waals surface area contributed by atoms with E-state index in [1.807, 2.05) is 0 Å². The van der Waals surface area contributed by atoms with E-state index < -0.39 is 24.6 Å². The van der Waals surface area contributed by atoms with Gasteiger partial charge in [0.2, 0.25) is 0 Å². The van der Waals surface area contributed by atoms with Crippen LogP contribution < -0.4 is 0 Å². The van der Waals surface area contributed by atoms with Crippen LogP contribution in [0.25, 0.3) is 0 Å². The topological polar surface area (TPSA) is 49.8 Å². The van der Waals surface area contributed by atoms with Crippen LogP contribution in [0.5, 0.6) is 0 Å². The molecule has 0 radical (unpaired) electrons. The van der Waals surface area contributed by atoms with Crippen molar-refractivity contribution in [2.24, 2.45) is 5.92 Å². The standard InChI is InChI=1S/C11H18F3NO3/c1-18-7-8-2-4-15(5-3-8)9(6-10(16)17)11(12,13)14/h8-9H,2-7H2,1H3,(H,16,17). The second kappa shape index (κ2) is 6.38. The average molecular weight is 269 g/mol. The Morgan fingerprint density at radius 2 is 2.00 bits per heavy atom. The molecule has 7 heteroatoms. The van der Waals surface area contributed by atoms with Crippen molar-refractivity contribution in [2.45, 2.75) is 31.5 Å². The van der Waals surface area contributed by atoms with E-state index in [1.165, 1.54) is 4.90 Å². The second-order valence-corrected chi connectivity index (χ2v) is 4.59. The lowest BCUT2D eigenvalue weighted by Gasteiger charge is -2.37. The largest absolute Gasteiger partial charge is 0.481 e. The summed E-state index contributed by atoms with van der Waals surface area (Å²) in [5.74, 6) is -1.15. The van der Waals surface area contributed by atoms with Crippen LogP contribution in [0.1, 0.15) is 19.3 Å². The van der Waals surface area contributed by atoms with Gasteiger partial charge in [0.25, 0.3) is 0 Å². The number of likely N-dealkylation sites (tertiary alicyclic amines) is 1. The number of carbonyl (C=O) groups is 1. The van der Waals surface area contributed by atoms with Crippen molar-refractivity contribution >= 4 is 5.97 Å². The number of halogens is 3. The van der Waals surface area contributed by atoms with Crippen molar-refractivity contribution in [2.75, 3.05) is 26.8 Å². The first kappa shape index (κ1) is 15.2. The third-order valence-electron chi connectivity index (χ3n) is 3.24. The fourth-order valence-corrected chi connectivity index (χ4v) is 2.28. The van der Waals surface area contributed by atoms with E-state index >= 15 is 0 Å². The van der Waals surface area contributed by atoms with E-state index in [2.05, 4.69) is 0 Å². The zero-order valence-electron chi connectivity index (χ0n) is 10.2. The van der Waals surface area contributed by atoms with Crippen molar-refractivity contribution in [3.8, 4) is 0 Å². The summed E-state index contributed by atoms with van der Waals surface area (Å²) in [6.45, 7) is 1.08. The molecule has 1 aliphatic rings. The lowest BCUT2D eigenvalue weighted by Crippen LogP contribution is -2.50. The first-order valence-electron chi connectivity index (χ1n) is 5.86. The monoisotopic (exact) mass is 269 g/mol. The van der Waals surface area contributed by atoms with Gasteiger partial charge < -0.3 is 9.84 Å². The Balaban J connectivity index is 2.58. The zero-order chi connectivity index (χ0) is 13.8. The number of carboxylic acids is 1. The Hall–Kier alpha value is -0.820. The van der Waals surface area contributed by atoms with Gasteiger partial charge in [0.05, 0.1) is 6.42 Å². The SMILES string of the molecule is COCC1CCN(C(CC(=O)O)C(F)(F)F)CC1. The van der Waals surface area contributed by atoms with Gasteiger partial charge in [-0.3, -0.25) is 9.69 Å². The van der Waals surface area contributed by atoms with Gasteiger partial charge in [-0.25, -0.2) is 0 Å². The molecule has 1 unspecified atom stereocenters. The Morgan fingerprint density at radius 3 is 2.39 bits per heavy atom. The Bertz CT molecular complexity index is 275. The summed E-state index contributed by atoms with van der Waals surface area (Å²) in [7, 11) is 1.56. The molecule has 18 heavy (non-hydrogen) atoms. The molecule has 106 valence electrons. The van der Waals surface area contributed by atoms with Gasteiger partial charge in [0.15, 0.2) is 0 Å². The Morgan fingerprint density at radius 1 is 1.44 bits per heavy atom. The van der Waals surface area contributed by atoms with Crippen LogP contribution in [0.15, 0.2) is 0 Å². The normalized spacial score (nSPS) is 20.9. The Kier molecular flexibility index (Phi) is 5.40. The molecule has 0 aromatic heterocycles. The first-order chi connectivity index (χ1) is 8.34. The van der Waals surface area contributed by atoms with Gasteiger partial charge in [-0.2, -0.15) is 13.2 Å². The highest BCUT2D eigenvalue weighted by Crippen LogP contribution is 2.30. The van der Waals surface area contributed by atoms with Crippen LogP contribution in [0, 0.1) is 5.92 Å². The van der Waals surface area contributed by atoms with Crippen molar-refractivity contribution in [1.29, 1.82) is 0 Å². The van der Waals surface area contributed by atoms with Gasteiger partial charge in [-0.15, -0.1) is 0 Å². The number of hydrogen-bond acceptors (Lipinski definition) is 3. The van der Waals surface area contributed by atoms with Crippen molar-refractivity contribution in [1.82, 2.24) is 4.90 Å². The van der Waals surface area contributed by atoms with Crippen LogP contribution >= 0.6 is 0 Å². The fourth-order valence-electron chi connectivity index (χ4n) is 2.28. The third-order valence-corrected chi connectivity index (χ3v) is 3.24. The summed E-state index contributed by atoms with van der Waals surface area (Å²) < 4.78 is 43.3. The number of methoxy groups -OCH3 is 1. The molecule has 1 rings (SSSR count). The first-order valence-corrected chi connectivity index (χ1v) is 5.86. The van der Waals surface area contributed by atoms with Crippen LogP contribution in [-0.2, 0) is 9.53 Å². The molecule has 1 aliphatic heterocycles. The number of rotatable bonds is 5. The molecular formula is C11H18F3NO3. The summed E-state index contributed by atoms with van der Waals surface area (Å²) in [5.41, 5.74) is 0. The number of aliphatic carboxylic acids is 1. The summed E-state index contributed by atoms with van der Waals surface area (Å²) in [6, 6.07) is -1.88. The molecule has 0 aliphatic carbocycles. The maximum Gasteiger partial charge on any atom is 0.404 e. The van der Waals surface area contributed by atoms with Crippen LogP contribution in [-0.4, -0.2) is 55.0 Å². The van der Waals surface area contributed by atoms with E-state index in [1.54, 1.807) is 7.11 Å². The lowest BCUT2D eigenvalue weighted by atomic mass is 9.96. The van der Waals surface area contributed by atoms with Crippen LogP contribution in [0.2, 0.25) is 0 Å². The quantitative estimate of drug-likeness (QED) is 0.826. The number of alkyl halides is 3. The highest BCUT2D eigenvalue weighted by atomic mass is 19.4. The van der Waals surface area contributed by atoms with E-state index in [-0.39, 0.29) is 19.0 Å². The summed E-state index contributed by atoms with van der Waals surface area (Å²) in [5, 5.41) is 8.57. The smallest absolute Gasteiger partial charge is 0.404 e. The number of piperidine rings is 1. The van der Waals surface area contributed by atoms with E-state index in [9.17, 15) is 18.0 Å². The maximum absolute atomic E-state index is 12.8. The number of ether oxygens (including phenoxy) is 1. The van der Waals surface area contributed by atoms with Gasteiger partial charge >= 0.3 is 12.1 Å². The fraction of sp³-hybridized carbons (Fsp3) is 0.909. The van der Waals surface area contributed by atoms with Gasteiger partial charge in [-0.05, 0) is 31.8 Å². The van der Waals surface area contributed by atoms with E-state index in [0.29, 0.717) is 19.4 Å². The molecule has 0 bridgehead atoms. The second-order valence-electron chi connectivity index (χ2n) is 4.59. The van der Waals surface area contributed by atoms with Crippen molar-refractivity contribution in [3.05, 3.63) is 0 Å². The predicted octanol–water partition coefficient (Wildman–Crippen LogP) is 1.75. The minimum atomic E-state index is -4.49. The lowest BCUT2D eigenvalue weighted by molar-refractivity contribution is -0.193. The number of hydrogen-bond donors (Lipinski definition) is 1. The minimum Gasteiger partial charge on any atom is -0.481 e. The maximum atomic E-state index is 12.8. The van der Waals surface area contributed by atoms with Crippen molar-refractivity contribution < 1.29 is 27.8 Å². The summed E-state index contributed by atoms with van der Waals surface area (Å²) in [4.78, 5) is 11.7. The molecule has 1 fully saturated rings. The van der Waals surface area contributed by atoms with E-state index in [0.717, 1.165) is 0 Å². The zero-order valence-corrected chi connectivity index (χ0v) is 10.2. The molecule has 1 atom stereocenters. The highest BCUT2D eigenvalue weighted by Gasteiger charge is 2.45. The van der Waals surface area contributed by atoms with Gasteiger partial charge in [-0.1, -0.05) is 0 Å². The van der Waals surface area contributed by atoms with Crippen LogP contribution in [0.4, 0.5) is 13.2 Å². The molecule has 1 heterocycles. The molecule has 1 saturated heterocycles. The molecule has 0 amide bonds. The molecule has 4 nitrogen and oxygen atoms in total. The average Bonchev–Trinajstić information content (AvgIpc) is 2.26.